The van der Waals surface area contributed by atoms with Crippen molar-refractivity contribution in [3.05, 3.63) is 29.8 Å². The van der Waals surface area contributed by atoms with Crippen LogP contribution in [0, 0.1) is 0 Å². The van der Waals surface area contributed by atoms with E-state index >= 15 is 0 Å². The minimum atomic E-state index is -0.235. The van der Waals surface area contributed by atoms with Crippen molar-refractivity contribution in [1.82, 2.24) is 10.2 Å². The van der Waals surface area contributed by atoms with E-state index in [1.807, 2.05) is 45.0 Å². The average molecular weight is 351 g/mol. The van der Waals surface area contributed by atoms with Crippen LogP contribution in [-0.2, 0) is 11.2 Å². The van der Waals surface area contributed by atoms with Gasteiger partial charge in [0, 0.05) is 11.7 Å². The summed E-state index contributed by atoms with van der Waals surface area (Å²) in [5.41, 5.74) is 2.07. The van der Waals surface area contributed by atoms with Crippen LogP contribution in [0.2, 0.25) is 0 Å². The number of aromatic nitrogens is 2. The fraction of sp³-hybridized carbons (Fsp3) is 0.438. The summed E-state index contributed by atoms with van der Waals surface area (Å²) >= 11 is 2.89. The van der Waals surface area contributed by atoms with Crippen LogP contribution in [0.25, 0.3) is 0 Å². The molecule has 124 valence electrons. The number of hydrogen-bond donors (Lipinski definition) is 2. The van der Waals surface area contributed by atoms with E-state index < -0.39 is 0 Å². The highest BCUT2D eigenvalue weighted by molar-refractivity contribution is 8.02. The van der Waals surface area contributed by atoms with Gasteiger partial charge in [-0.1, -0.05) is 42.2 Å². The van der Waals surface area contributed by atoms with Crippen molar-refractivity contribution >= 4 is 39.8 Å². The van der Waals surface area contributed by atoms with Crippen LogP contribution in [0.4, 0.5) is 10.8 Å². The largest absolute Gasteiger partial charge is 0.358 e. The normalized spacial score (nSPS) is 12.2. The maximum Gasteiger partial charge on any atom is 0.237 e. The fourth-order valence-electron chi connectivity index (χ4n) is 1.84. The van der Waals surface area contributed by atoms with E-state index in [-0.39, 0.29) is 11.2 Å². The van der Waals surface area contributed by atoms with Crippen LogP contribution in [0.5, 0.6) is 0 Å². The molecule has 2 rings (SSSR count). The molecule has 1 unspecified atom stereocenters. The summed E-state index contributed by atoms with van der Waals surface area (Å²) in [4.78, 5) is 12.3. The number of hydrogen-bond acceptors (Lipinski definition) is 6. The minimum absolute atomic E-state index is 0.0344. The van der Waals surface area contributed by atoms with Gasteiger partial charge in [-0.3, -0.25) is 4.79 Å². The number of benzene rings is 1. The number of nitrogens with one attached hydrogen (secondary N) is 2. The first kappa shape index (κ1) is 17.7. The zero-order valence-corrected chi connectivity index (χ0v) is 15.4. The van der Waals surface area contributed by atoms with Crippen LogP contribution < -0.4 is 10.6 Å². The Morgan fingerprint density at radius 1 is 1.22 bits per heavy atom. The first-order chi connectivity index (χ1) is 11.0. The fourth-order valence-corrected chi connectivity index (χ4v) is 3.88. The zero-order chi connectivity index (χ0) is 16.8. The predicted molar refractivity (Wildman–Crippen MR) is 98.4 cm³/mol. The number of aryl methyl sites for hydroxylation is 1. The van der Waals surface area contributed by atoms with Crippen LogP contribution >= 0.6 is 23.1 Å². The summed E-state index contributed by atoms with van der Waals surface area (Å²) in [6.07, 6.45) is 0.990. The Kier molecular flexibility index (Phi) is 6.41. The van der Waals surface area contributed by atoms with Crippen molar-refractivity contribution in [3.63, 3.8) is 0 Å². The molecule has 0 radical (unpaired) electrons. The van der Waals surface area contributed by atoms with Crippen molar-refractivity contribution in [1.29, 1.82) is 0 Å². The van der Waals surface area contributed by atoms with Crippen LogP contribution in [0.3, 0.4) is 0 Å². The molecule has 5 nitrogen and oxygen atoms in total. The molecule has 0 aliphatic heterocycles. The smallest absolute Gasteiger partial charge is 0.237 e. The van der Waals surface area contributed by atoms with Crippen LogP contribution in [-0.4, -0.2) is 27.4 Å². The van der Waals surface area contributed by atoms with Crippen molar-refractivity contribution in [2.45, 2.75) is 49.7 Å². The third kappa shape index (κ3) is 5.51. The summed E-state index contributed by atoms with van der Waals surface area (Å²) in [5, 5.41) is 14.9. The van der Waals surface area contributed by atoms with Gasteiger partial charge in [0.2, 0.25) is 11.0 Å². The lowest BCUT2D eigenvalue weighted by Gasteiger charge is -2.10. The highest BCUT2D eigenvalue weighted by Crippen LogP contribution is 2.29. The Hall–Kier alpha value is -1.60. The van der Waals surface area contributed by atoms with Crippen molar-refractivity contribution in [3.8, 4) is 0 Å². The van der Waals surface area contributed by atoms with E-state index in [0.717, 1.165) is 21.6 Å². The molecule has 1 atom stereocenters. The molecule has 0 fully saturated rings. The van der Waals surface area contributed by atoms with E-state index in [0.29, 0.717) is 6.04 Å². The molecule has 7 heteroatoms. The molecule has 0 spiro atoms. The summed E-state index contributed by atoms with van der Waals surface area (Å²) in [5.74, 6) is -0.0344. The molecule has 0 saturated heterocycles. The number of carbonyl (C=O) groups is 1. The second kappa shape index (κ2) is 8.31. The summed E-state index contributed by atoms with van der Waals surface area (Å²) in [6, 6.07) is 8.24. The van der Waals surface area contributed by atoms with Crippen molar-refractivity contribution in [2.75, 3.05) is 10.6 Å². The summed E-state index contributed by atoms with van der Waals surface area (Å²) < 4.78 is 0.789. The molecular weight excluding hydrogens is 328 g/mol. The van der Waals surface area contributed by atoms with Gasteiger partial charge in [0.25, 0.3) is 0 Å². The summed E-state index contributed by atoms with van der Waals surface area (Å²) in [6.45, 7) is 8.08. The van der Waals surface area contributed by atoms with Crippen LogP contribution in [0.15, 0.2) is 28.6 Å². The quantitative estimate of drug-likeness (QED) is 0.738. The molecule has 1 heterocycles. The van der Waals surface area contributed by atoms with E-state index in [2.05, 4.69) is 27.8 Å². The Bertz CT molecular complexity index is 640. The Morgan fingerprint density at radius 2 is 1.91 bits per heavy atom. The van der Waals surface area contributed by atoms with Gasteiger partial charge in [0.15, 0.2) is 4.34 Å². The molecule has 1 aromatic carbocycles. The number of thioether (sulfide) groups is 1. The molecule has 0 saturated carbocycles. The highest BCUT2D eigenvalue weighted by Gasteiger charge is 2.17. The molecule has 23 heavy (non-hydrogen) atoms. The SMILES string of the molecule is CCc1ccc(NC(=O)C(C)Sc2nnc(NC(C)C)s2)cc1. The third-order valence-electron chi connectivity index (χ3n) is 3.10. The lowest BCUT2D eigenvalue weighted by Crippen LogP contribution is -2.22. The lowest BCUT2D eigenvalue weighted by atomic mass is 10.1. The molecule has 2 N–H and O–H groups in total. The Balaban J connectivity index is 1.90. The van der Waals surface area contributed by atoms with E-state index in [9.17, 15) is 4.79 Å². The van der Waals surface area contributed by atoms with Crippen molar-refractivity contribution < 1.29 is 4.79 Å². The van der Waals surface area contributed by atoms with Gasteiger partial charge >= 0.3 is 0 Å². The van der Waals surface area contributed by atoms with Gasteiger partial charge in [0.1, 0.15) is 0 Å². The monoisotopic (exact) mass is 350 g/mol. The van der Waals surface area contributed by atoms with Crippen molar-refractivity contribution in [2.24, 2.45) is 0 Å². The van der Waals surface area contributed by atoms with Gasteiger partial charge in [-0.25, -0.2) is 0 Å². The maximum absolute atomic E-state index is 12.3. The Morgan fingerprint density at radius 3 is 2.52 bits per heavy atom. The minimum Gasteiger partial charge on any atom is -0.358 e. The maximum atomic E-state index is 12.3. The number of amides is 1. The first-order valence-corrected chi connectivity index (χ1v) is 9.34. The molecule has 1 amide bonds. The predicted octanol–water partition coefficient (Wildman–Crippen LogP) is 4.04. The van der Waals surface area contributed by atoms with Gasteiger partial charge in [0.05, 0.1) is 5.25 Å². The van der Waals surface area contributed by atoms with E-state index in [1.54, 1.807) is 0 Å². The van der Waals surface area contributed by atoms with Gasteiger partial charge in [-0.2, -0.15) is 0 Å². The molecule has 0 bridgehead atoms. The zero-order valence-electron chi connectivity index (χ0n) is 13.8. The van der Waals surface area contributed by atoms with E-state index in [4.69, 9.17) is 0 Å². The molecular formula is C16H22N4OS2. The Labute approximate surface area is 145 Å². The second-order valence-electron chi connectivity index (χ2n) is 5.47. The highest BCUT2D eigenvalue weighted by atomic mass is 32.2. The van der Waals surface area contributed by atoms with Gasteiger partial charge in [-0.05, 0) is 44.9 Å². The molecule has 0 aliphatic rings. The number of carbonyl (C=O) groups excluding carboxylic acids is 1. The third-order valence-corrected chi connectivity index (χ3v) is 5.13. The summed E-state index contributed by atoms with van der Waals surface area (Å²) in [7, 11) is 0. The van der Waals surface area contributed by atoms with Gasteiger partial charge < -0.3 is 10.6 Å². The standard InChI is InChI=1S/C16H22N4OS2/c1-5-12-6-8-13(9-7-12)18-14(21)11(4)22-16-20-19-15(23-16)17-10(2)3/h6-11H,5H2,1-4H3,(H,17,19)(H,18,21). The number of anilines is 2. The molecule has 2 aromatic rings. The second-order valence-corrected chi connectivity index (χ2v) is 8.04. The van der Waals surface area contributed by atoms with E-state index in [1.165, 1.54) is 28.7 Å². The number of nitrogens with zero attached hydrogens (tertiary/aromatic N) is 2. The average Bonchev–Trinajstić information content (AvgIpc) is 2.94. The molecule has 0 aliphatic carbocycles. The topological polar surface area (TPSA) is 66.9 Å². The number of rotatable bonds is 7. The first-order valence-electron chi connectivity index (χ1n) is 7.64. The van der Waals surface area contributed by atoms with Gasteiger partial charge in [-0.15, -0.1) is 10.2 Å². The van der Waals surface area contributed by atoms with Crippen LogP contribution in [0.1, 0.15) is 33.3 Å². The molecule has 1 aromatic heterocycles. The lowest BCUT2D eigenvalue weighted by molar-refractivity contribution is -0.115.